The maximum absolute atomic E-state index is 9.30. The van der Waals surface area contributed by atoms with Crippen molar-refractivity contribution in [3.63, 3.8) is 0 Å². The third kappa shape index (κ3) is 5.22. The Morgan fingerprint density at radius 2 is 1.82 bits per heavy atom. The molecule has 0 rings (SSSR count). The van der Waals surface area contributed by atoms with E-state index in [9.17, 15) is 5.11 Å². The topological polar surface area (TPSA) is 23.5 Å². The van der Waals surface area contributed by atoms with Gasteiger partial charge in [0.1, 0.15) is 6.23 Å². The van der Waals surface area contributed by atoms with Gasteiger partial charge in [0.05, 0.1) is 0 Å². The molecule has 68 valence electrons. The Kier molecular flexibility index (Phi) is 6.57. The first-order valence-electron chi connectivity index (χ1n) is 4.64. The molecule has 0 aromatic rings. The lowest BCUT2D eigenvalue weighted by Gasteiger charge is -2.24. The highest BCUT2D eigenvalue weighted by molar-refractivity contribution is 4.56. The predicted octanol–water partition coefficient (Wildman–Crippen LogP) is 1.84. The molecule has 0 saturated carbocycles. The average Bonchev–Trinajstić information content (AvgIpc) is 1.97. The van der Waals surface area contributed by atoms with Crippen molar-refractivity contribution in [2.45, 2.75) is 46.3 Å². The van der Waals surface area contributed by atoms with Crippen LogP contribution in [0.2, 0.25) is 0 Å². The monoisotopic (exact) mass is 159 g/mol. The Balaban J connectivity index is 3.51. The molecule has 0 amide bonds. The van der Waals surface area contributed by atoms with Crippen LogP contribution in [0.3, 0.4) is 0 Å². The van der Waals surface area contributed by atoms with E-state index in [1.54, 1.807) is 0 Å². The van der Waals surface area contributed by atoms with Gasteiger partial charge < -0.3 is 5.11 Å². The zero-order valence-corrected chi connectivity index (χ0v) is 8.01. The van der Waals surface area contributed by atoms with Crippen molar-refractivity contribution in [2.75, 3.05) is 13.1 Å². The third-order valence-corrected chi connectivity index (χ3v) is 1.84. The molecule has 2 heteroatoms. The molecule has 1 N–H and O–H groups in total. The Morgan fingerprint density at radius 3 is 2.18 bits per heavy atom. The number of hydrogen-bond donors (Lipinski definition) is 1. The van der Waals surface area contributed by atoms with Crippen molar-refractivity contribution < 1.29 is 5.11 Å². The summed E-state index contributed by atoms with van der Waals surface area (Å²) in [5.74, 6) is 0. The molecular formula is C9H21NO. The minimum atomic E-state index is -0.276. The van der Waals surface area contributed by atoms with Crippen molar-refractivity contribution in [2.24, 2.45) is 0 Å². The minimum absolute atomic E-state index is 0.276. The molecule has 0 bridgehead atoms. The summed E-state index contributed by atoms with van der Waals surface area (Å²) in [6, 6.07) is 0. The van der Waals surface area contributed by atoms with E-state index >= 15 is 0 Å². The van der Waals surface area contributed by atoms with Gasteiger partial charge in [0.25, 0.3) is 0 Å². The normalized spacial score (nSPS) is 13.9. The molecule has 1 atom stereocenters. The van der Waals surface area contributed by atoms with Crippen molar-refractivity contribution >= 4 is 0 Å². The van der Waals surface area contributed by atoms with Crippen LogP contribution in [-0.4, -0.2) is 29.3 Å². The van der Waals surface area contributed by atoms with E-state index in [-0.39, 0.29) is 6.23 Å². The summed E-state index contributed by atoms with van der Waals surface area (Å²) in [6.07, 6.45) is 3.23. The van der Waals surface area contributed by atoms with Crippen LogP contribution in [0.1, 0.15) is 40.0 Å². The highest BCUT2D eigenvalue weighted by atomic mass is 16.3. The second-order valence-electron chi connectivity index (χ2n) is 3.02. The van der Waals surface area contributed by atoms with Gasteiger partial charge >= 0.3 is 0 Å². The van der Waals surface area contributed by atoms with Crippen LogP contribution in [0.5, 0.6) is 0 Å². The smallest absolute Gasteiger partial charge is 0.104 e. The van der Waals surface area contributed by atoms with Crippen LogP contribution in [-0.2, 0) is 0 Å². The van der Waals surface area contributed by atoms with Crippen LogP contribution in [0, 0.1) is 0 Å². The summed E-state index contributed by atoms with van der Waals surface area (Å²) in [5.41, 5.74) is 0. The second kappa shape index (κ2) is 6.62. The third-order valence-electron chi connectivity index (χ3n) is 1.84. The molecule has 1 unspecified atom stereocenters. The highest BCUT2D eigenvalue weighted by Crippen LogP contribution is 2.00. The summed E-state index contributed by atoms with van der Waals surface area (Å²) < 4.78 is 0. The molecule has 0 spiro atoms. The number of nitrogens with zero attached hydrogens (tertiary/aromatic N) is 1. The van der Waals surface area contributed by atoms with Crippen molar-refractivity contribution in [1.29, 1.82) is 0 Å². The fraction of sp³-hybridized carbons (Fsp3) is 1.00. The van der Waals surface area contributed by atoms with Crippen LogP contribution in [0.15, 0.2) is 0 Å². The van der Waals surface area contributed by atoms with E-state index in [2.05, 4.69) is 18.7 Å². The molecule has 0 saturated heterocycles. The maximum atomic E-state index is 9.30. The Hall–Kier alpha value is -0.0800. The van der Waals surface area contributed by atoms with Crippen LogP contribution >= 0.6 is 0 Å². The average molecular weight is 159 g/mol. The summed E-state index contributed by atoms with van der Waals surface area (Å²) in [6.45, 7) is 8.19. The first-order valence-corrected chi connectivity index (χ1v) is 4.64. The molecular weight excluding hydrogens is 138 g/mol. The molecule has 0 aliphatic rings. The van der Waals surface area contributed by atoms with Gasteiger partial charge in [-0.1, -0.05) is 20.3 Å². The predicted molar refractivity (Wildman–Crippen MR) is 48.5 cm³/mol. The van der Waals surface area contributed by atoms with Crippen LogP contribution in [0.4, 0.5) is 0 Å². The Labute approximate surface area is 70.2 Å². The molecule has 0 aromatic heterocycles. The van der Waals surface area contributed by atoms with E-state index in [0.717, 1.165) is 19.5 Å². The van der Waals surface area contributed by atoms with Gasteiger partial charge in [0, 0.05) is 13.1 Å². The maximum Gasteiger partial charge on any atom is 0.104 e. The van der Waals surface area contributed by atoms with E-state index in [4.69, 9.17) is 0 Å². The fourth-order valence-corrected chi connectivity index (χ4v) is 1.13. The van der Waals surface area contributed by atoms with Crippen molar-refractivity contribution in [3.8, 4) is 0 Å². The lowest BCUT2D eigenvalue weighted by molar-refractivity contribution is 0.0179. The zero-order valence-electron chi connectivity index (χ0n) is 8.01. The van der Waals surface area contributed by atoms with Gasteiger partial charge in [-0.3, -0.25) is 4.90 Å². The fourth-order valence-electron chi connectivity index (χ4n) is 1.13. The molecule has 0 aromatic carbocycles. The lowest BCUT2D eigenvalue weighted by Crippen LogP contribution is -2.34. The quantitative estimate of drug-likeness (QED) is 0.598. The van der Waals surface area contributed by atoms with Crippen LogP contribution in [0.25, 0.3) is 0 Å². The van der Waals surface area contributed by atoms with E-state index < -0.39 is 0 Å². The summed E-state index contributed by atoms with van der Waals surface area (Å²) in [7, 11) is 0. The molecule has 11 heavy (non-hydrogen) atoms. The molecule has 0 heterocycles. The van der Waals surface area contributed by atoms with Gasteiger partial charge in [-0.2, -0.15) is 0 Å². The van der Waals surface area contributed by atoms with E-state index in [1.165, 1.54) is 12.8 Å². The Morgan fingerprint density at radius 1 is 1.18 bits per heavy atom. The largest absolute Gasteiger partial charge is 0.379 e. The van der Waals surface area contributed by atoms with Crippen molar-refractivity contribution in [1.82, 2.24) is 4.90 Å². The number of aliphatic hydroxyl groups is 1. The molecule has 2 nitrogen and oxygen atoms in total. The van der Waals surface area contributed by atoms with Gasteiger partial charge in [-0.15, -0.1) is 0 Å². The summed E-state index contributed by atoms with van der Waals surface area (Å²) >= 11 is 0. The Bertz CT molecular complexity index is 83.6. The molecule has 0 radical (unpaired) electrons. The van der Waals surface area contributed by atoms with Crippen LogP contribution < -0.4 is 0 Å². The van der Waals surface area contributed by atoms with Crippen molar-refractivity contribution in [3.05, 3.63) is 0 Å². The summed E-state index contributed by atoms with van der Waals surface area (Å²) in [5, 5.41) is 9.30. The first kappa shape index (κ1) is 10.9. The SMILES string of the molecule is CCCCN(CCC)C(C)O. The van der Waals surface area contributed by atoms with Gasteiger partial charge in [0.2, 0.25) is 0 Å². The first-order chi connectivity index (χ1) is 5.22. The lowest BCUT2D eigenvalue weighted by atomic mass is 10.3. The van der Waals surface area contributed by atoms with E-state index in [0.29, 0.717) is 0 Å². The van der Waals surface area contributed by atoms with Gasteiger partial charge in [-0.25, -0.2) is 0 Å². The van der Waals surface area contributed by atoms with Gasteiger partial charge in [0.15, 0.2) is 0 Å². The molecule has 0 aliphatic heterocycles. The molecule has 0 fully saturated rings. The van der Waals surface area contributed by atoms with Gasteiger partial charge in [-0.05, 0) is 19.8 Å². The zero-order chi connectivity index (χ0) is 8.69. The second-order valence-corrected chi connectivity index (χ2v) is 3.02. The number of rotatable bonds is 6. The standard InChI is InChI=1S/C9H21NO/c1-4-6-8-10(7-5-2)9(3)11/h9,11H,4-8H2,1-3H3. The molecule has 0 aliphatic carbocycles. The minimum Gasteiger partial charge on any atom is -0.379 e. The van der Waals surface area contributed by atoms with E-state index in [1.807, 2.05) is 6.92 Å². The number of aliphatic hydroxyl groups excluding tert-OH is 1. The highest BCUT2D eigenvalue weighted by Gasteiger charge is 2.07. The number of unbranched alkanes of at least 4 members (excludes halogenated alkanes) is 1. The summed E-state index contributed by atoms with van der Waals surface area (Å²) in [4.78, 5) is 2.11. The number of hydrogen-bond acceptors (Lipinski definition) is 2.